The van der Waals surface area contributed by atoms with E-state index < -0.39 is 17.7 Å². The minimum Gasteiger partial charge on any atom is -0.465 e. The van der Waals surface area contributed by atoms with Crippen LogP contribution >= 0.6 is 0 Å². The van der Waals surface area contributed by atoms with Crippen LogP contribution in [-0.4, -0.2) is 39.4 Å². The van der Waals surface area contributed by atoms with Crippen LogP contribution in [0.3, 0.4) is 0 Å². The molecule has 1 aliphatic heterocycles. The van der Waals surface area contributed by atoms with Gasteiger partial charge in [-0.3, -0.25) is 4.90 Å². The molecule has 0 spiro atoms. The fraction of sp³-hybridized carbons (Fsp3) is 0.889. The molecule has 1 fully saturated rings. The summed E-state index contributed by atoms with van der Waals surface area (Å²) in [5, 5.41) is 18.5. The molecule has 0 aliphatic carbocycles. The van der Waals surface area contributed by atoms with E-state index in [-0.39, 0.29) is 12.0 Å². The highest BCUT2D eigenvalue weighted by atomic mass is 16.4. The van der Waals surface area contributed by atoms with Gasteiger partial charge in [0, 0.05) is 0 Å². The van der Waals surface area contributed by atoms with Crippen LogP contribution in [0.15, 0.2) is 0 Å². The highest BCUT2D eigenvalue weighted by molar-refractivity contribution is 5.68. The lowest BCUT2D eigenvalue weighted by Gasteiger charge is -2.59. The summed E-state index contributed by atoms with van der Waals surface area (Å²) in [4.78, 5) is 12.1. The topological polar surface area (TPSA) is 60.8 Å². The lowest BCUT2D eigenvalue weighted by Crippen LogP contribution is -2.75. The van der Waals surface area contributed by atoms with E-state index in [1.54, 1.807) is 6.92 Å². The maximum atomic E-state index is 10.8. The molecule has 1 aliphatic rings. The molecule has 0 aromatic carbocycles. The van der Waals surface area contributed by atoms with Crippen molar-refractivity contribution in [3.63, 3.8) is 0 Å². The molecule has 0 aromatic rings. The van der Waals surface area contributed by atoms with Gasteiger partial charge in [-0.25, -0.2) is 4.79 Å². The number of hydrogen-bond acceptors (Lipinski definition) is 2. The van der Waals surface area contributed by atoms with E-state index in [1.165, 1.54) is 4.90 Å². The van der Waals surface area contributed by atoms with Crippen LogP contribution in [0.1, 0.15) is 27.7 Å². The van der Waals surface area contributed by atoms with Crippen LogP contribution < -0.4 is 0 Å². The predicted octanol–water partition coefficient (Wildman–Crippen LogP) is 1.15. The highest BCUT2D eigenvalue weighted by Gasteiger charge is 2.58. The van der Waals surface area contributed by atoms with Gasteiger partial charge in [-0.1, -0.05) is 20.8 Å². The fourth-order valence-corrected chi connectivity index (χ4v) is 1.79. The first kappa shape index (κ1) is 10.3. The second kappa shape index (κ2) is 2.61. The second-order valence-corrected chi connectivity index (χ2v) is 4.81. The first-order valence-electron chi connectivity index (χ1n) is 4.40. The van der Waals surface area contributed by atoms with E-state index in [2.05, 4.69) is 0 Å². The zero-order valence-electron chi connectivity index (χ0n) is 8.53. The Morgan fingerprint density at radius 3 is 2.15 bits per heavy atom. The van der Waals surface area contributed by atoms with Crippen LogP contribution in [0.5, 0.6) is 0 Å². The maximum absolute atomic E-state index is 10.8. The average Bonchev–Trinajstić information content (AvgIpc) is 1.95. The Kier molecular flexibility index (Phi) is 2.07. The number of aliphatic hydroxyl groups excluding tert-OH is 1. The van der Waals surface area contributed by atoms with Crippen LogP contribution in [0.4, 0.5) is 4.79 Å². The SMILES string of the molecule is CC(C)(C)[C@@]1(C)[C@@H](O)CN1C(=O)O. The average molecular weight is 187 g/mol. The first-order chi connectivity index (χ1) is 5.71. The van der Waals surface area contributed by atoms with Gasteiger partial charge in [0.15, 0.2) is 0 Å². The molecule has 0 aromatic heterocycles. The van der Waals surface area contributed by atoms with Crippen molar-refractivity contribution in [1.29, 1.82) is 0 Å². The summed E-state index contributed by atoms with van der Waals surface area (Å²) >= 11 is 0. The molecule has 4 nitrogen and oxygen atoms in total. The van der Waals surface area contributed by atoms with Crippen molar-refractivity contribution >= 4 is 6.09 Å². The molecule has 1 saturated heterocycles. The Morgan fingerprint density at radius 1 is 1.54 bits per heavy atom. The maximum Gasteiger partial charge on any atom is 0.407 e. The van der Waals surface area contributed by atoms with Crippen LogP contribution in [-0.2, 0) is 0 Å². The molecular weight excluding hydrogens is 170 g/mol. The predicted molar refractivity (Wildman–Crippen MR) is 48.6 cm³/mol. The minimum atomic E-state index is -0.956. The molecule has 2 atom stereocenters. The summed E-state index contributed by atoms with van der Waals surface area (Å²) in [5.74, 6) is 0. The lowest BCUT2D eigenvalue weighted by molar-refractivity contribution is -0.159. The van der Waals surface area contributed by atoms with Gasteiger partial charge in [-0.2, -0.15) is 0 Å². The van der Waals surface area contributed by atoms with Gasteiger partial charge >= 0.3 is 6.09 Å². The summed E-state index contributed by atoms with van der Waals surface area (Å²) < 4.78 is 0. The van der Waals surface area contributed by atoms with E-state index in [0.29, 0.717) is 0 Å². The molecule has 1 amide bonds. The Labute approximate surface area is 78.2 Å². The van der Waals surface area contributed by atoms with Gasteiger partial charge in [-0.15, -0.1) is 0 Å². The molecule has 13 heavy (non-hydrogen) atoms. The van der Waals surface area contributed by atoms with Gasteiger partial charge in [-0.05, 0) is 12.3 Å². The highest BCUT2D eigenvalue weighted by Crippen LogP contribution is 2.44. The monoisotopic (exact) mass is 187 g/mol. The number of rotatable bonds is 0. The van der Waals surface area contributed by atoms with Gasteiger partial charge in [0.25, 0.3) is 0 Å². The largest absolute Gasteiger partial charge is 0.465 e. The molecule has 0 saturated carbocycles. The Morgan fingerprint density at radius 2 is 2.00 bits per heavy atom. The van der Waals surface area contributed by atoms with Crippen molar-refractivity contribution in [3.05, 3.63) is 0 Å². The number of β-amino-alcohol motifs (C(OH)–C–C–N with tert-alkyl or cyclic N) is 1. The Hall–Kier alpha value is -0.770. The minimum absolute atomic E-state index is 0.225. The summed E-state index contributed by atoms with van der Waals surface area (Å²) in [6.45, 7) is 7.82. The number of hydrogen-bond donors (Lipinski definition) is 2. The third-order valence-corrected chi connectivity index (χ3v) is 3.31. The van der Waals surface area contributed by atoms with Crippen molar-refractivity contribution in [2.24, 2.45) is 5.41 Å². The van der Waals surface area contributed by atoms with Gasteiger partial charge in [0.1, 0.15) is 0 Å². The van der Waals surface area contributed by atoms with E-state index in [4.69, 9.17) is 5.11 Å². The first-order valence-corrected chi connectivity index (χ1v) is 4.40. The molecule has 0 unspecified atom stereocenters. The zero-order chi connectivity index (χ0) is 10.4. The summed E-state index contributed by atoms with van der Waals surface area (Å²) in [5.41, 5.74) is -0.901. The third-order valence-electron chi connectivity index (χ3n) is 3.31. The number of aliphatic hydroxyl groups is 1. The van der Waals surface area contributed by atoms with E-state index in [1.807, 2.05) is 20.8 Å². The normalized spacial score (nSPS) is 34.2. The van der Waals surface area contributed by atoms with Crippen molar-refractivity contribution in [2.45, 2.75) is 39.3 Å². The number of amides is 1. The van der Waals surface area contributed by atoms with Crippen molar-refractivity contribution in [3.8, 4) is 0 Å². The quantitative estimate of drug-likeness (QED) is 0.598. The van der Waals surface area contributed by atoms with Crippen molar-refractivity contribution in [1.82, 2.24) is 4.90 Å². The lowest BCUT2D eigenvalue weighted by atomic mass is 9.65. The third kappa shape index (κ3) is 1.20. The van der Waals surface area contributed by atoms with Gasteiger partial charge in [0.2, 0.25) is 0 Å². The number of carbonyl (C=O) groups is 1. The Balaban J connectivity index is 2.93. The van der Waals surface area contributed by atoms with Crippen LogP contribution in [0, 0.1) is 5.41 Å². The summed E-state index contributed by atoms with van der Waals surface area (Å²) in [6.07, 6.45) is -1.51. The van der Waals surface area contributed by atoms with Crippen LogP contribution in [0.2, 0.25) is 0 Å². The standard InChI is InChI=1S/C9H17NO3/c1-8(2,3)9(4)6(11)5-10(9)7(12)13/h6,11H,5H2,1-4H3,(H,12,13)/t6-,9+/m0/s1. The molecule has 0 bridgehead atoms. The summed E-state index contributed by atoms with van der Waals surface area (Å²) in [7, 11) is 0. The molecule has 76 valence electrons. The van der Waals surface area contributed by atoms with Crippen molar-refractivity contribution < 1.29 is 15.0 Å². The Bertz CT molecular complexity index is 234. The van der Waals surface area contributed by atoms with E-state index in [0.717, 1.165) is 0 Å². The molecular formula is C9H17NO3. The summed E-state index contributed by atoms with van der Waals surface area (Å²) in [6, 6.07) is 0. The van der Waals surface area contributed by atoms with Crippen LogP contribution in [0.25, 0.3) is 0 Å². The van der Waals surface area contributed by atoms with Crippen molar-refractivity contribution in [2.75, 3.05) is 6.54 Å². The molecule has 1 heterocycles. The van der Waals surface area contributed by atoms with Gasteiger partial charge < -0.3 is 10.2 Å². The smallest absolute Gasteiger partial charge is 0.407 e. The van der Waals surface area contributed by atoms with E-state index in [9.17, 15) is 9.90 Å². The second-order valence-electron chi connectivity index (χ2n) is 4.81. The number of nitrogens with zero attached hydrogens (tertiary/aromatic N) is 1. The number of likely N-dealkylation sites (tertiary alicyclic amines) is 1. The van der Waals surface area contributed by atoms with E-state index >= 15 is 0 Å². The number of carboxylic acid groups (broad SMARTS) is 1. The zero-order valence-corrected chi connectivity index (χ0v) is 8.53. The molecule has 2 N–H and O–H groups in total. The molecule has 1 rings (SSSR count). The fourth-order valence-electron chi connectivity index (χ4n) is 1.79. The molecule has 4 heteroatoms. The molecule has 0 radical (unpaired) electrons. The van der Waals surface area contributed by atoms with Gasteiger partial charge in [0.05, 0.1) is 18.2 Å².